The Morgan fingerprint density at radius 3 is 2.56 bits per heavy atom. The Hall–Kier alpha value is -2.80. The minimum atomic E-state index is -0.137. The summed E-state index contributed by atoms with van der Waals surface area (Å²) in [5.41, 5.74) is 3.03. The number of aryl methyl sites for hydroxylation is 1. The molecule has 0 atom stereocenters. The van der Waals surface area contributed by atoms with Gasteiger partial charge >= 0.3 is 0 Å². The van der Waals surface area contributed by atoms with Crippen molar-refractivity contribution >= 4 is 23.4 Å². The van der Waals surface area contributed by atoms with E-state index in [2.05, 4.69) is 15.5 Å². The molecule has 0 aliphatic heterocycles. The Bertz CT molecular complexity index is 876. The number of hydrogen-bond acceptors (Lipinski definition) is 6. The van der Waals surface area contributed by atoms with Gasteiger partial charge in [-0.25, -0.2) is 0 Å². The molecule has 1 amide bonds. The van der Waals surface area contributed by atoms with Gasteiger partial charge in [0.1, 0.15) is 5.75 Å². The van der Waals surface area contributed by atoms with Gasteiger partial charge in [0.05, 0.1) is 18.8 Å². The summed E-state index contributed by atoms with van der Waals surface area (Å²) >= 11 is 1.22. The highest BCUT2D eigenvalue weighted by Gasteiger charge is 2.10. The molecule has 0 aliphatic rings. The molecule has 3 rings (SSSR count). The van der Waals surface area contributed by atoms with Crippen molar-refractivity contribution in [1.29, 1.82) is 0 Å². The Kier molecular flexibility index (Phi) is 6.49. The van der Waals surface area contributed by atoms with Gasteiger partial charge in [-0.3, -0.25) is 4.79 Å². The van der Waals surface area contributed by atoms with Crippen LogP contribution in [0.15, 0.2) is 58.2 Å². The lowest BCUT2D eigenvalue weighted by molar-refractivity contribution is -0.113. The summed E-state index contributed by atoms with van der Waals surface area (Å²) in [4.78, 5) is 12.1. The summed E-state index contributed by atoms with van der Waals surface area (Å²) in [6.07, 6.45) is 0.576. The summed E-state index contributed by atoms with van der Waals surface area (Å²) in [7, 11) is 0. The van der Waals surface area contributed by atoms with E-state index in [1.165, 1.54) is 17.3 Å². The first-order valence-corrected chi connectivity index (χ1v) is 9.64. The zero-order valence-electron chi connectivity index (χ0n) is 15.3. The number of carbonyl (C=O) groups excluding carboxylic acids is 1. The molecule has 2 aromatic carbocycles. The number of rotatable bonds is 8. The van der Waals surface area contributed by atoms with Crippen LogP contribution in [-0.4, -0.2) is 28.5 Å². The maximum absolute atomic E-state index is 12.1. The molecule has 140 valence electrons. The minimum Gasteiger partial charge on any atom is -0.494 e. The summed E-state index contributed by atoms with van der Waals surface area (Å²) in [6, 6.07) is 15.4. The van der Waals surface area contributed by atoms with Gasteiger partial charge in [0.15, 0.2) is 0 Å². The van der Waals surface area contributed by atoms with E-state index in [1.807, 2.05) is 50.2 Å². The second kappa shape index (κ2) is 9.23. The van der Waals surface area contributed by atoms with Gasteiger partial charge in [-0.05, 0) is 43.7 Å². The van der Waals surface area contributed by atoms with Crippen LogP contribution in [0.1, 0.15) is 23.9 Å². The predicted molar refractivity (Wildman–Crippen MR) is 105 cm³/mol. The van der Waals surface area contributed by atoms with Crippen molar-refractivity contribution in [1.82, 2.24) is 10.2 Å². The highest BCUT2D eigenvalue weighted by molar-refractivity contribution is 7.99. The van der Waals surface area contributed by atoms with Crippen LogP contribution in [0.4, 0.5) is 5.69 Å². The molecule has 3 aromatic rings. The Morgan fingerprint density at radius 1 is 1.11 bits per heavy atom. The first-order valence-electron chi connectivity index (χ1n) is 8.66. The molecule has 1 aromatic heterocycles. The van der Waals surface area contributed by atoms with Crippen LogP contribution in [-0.2, 0) is 11.2 Å². The molecule has 0 unspecified atom stereocenters. The van der Waals surface area contributed by atoms with Gasteiger partial charge in [0.25, 0.3) is 5.22 Å². The van der Waals surface area contributed by atoms with Gasteiger partial charge < -0.3 is 14.5 Å². The normalized spacial score (nSPS) is 10.6. The van der Waals surface area contributed by atoms with Crippen molar-refractivity contribution in [2.75, 3.05) is 17.7 Å². The molecule has 0 aliphatic carbocycles. The highest BCUT2D eigenvalue weighted by Crippen LogP contribution is 2.19. The van der Waals surface area contributed by atoms with E-state index in [-0.39, 0.29) is 11.7 Å². The Morgan fingerprint density at radius 2 is 1.85 bits per heavy atom. The number of carbonyl (C=O) groups is 1. The molecule has 1 N–H and O–H groups in total. The molecule has 0 saturated heterocycles. The van der Waals surface area contributed by atoms with Crippen LogP contribution in [0, 0.1) is 6.92 Å². The quantitative estimate of drug-likeness (QED) is 0.590. The fraction of sp³-hybridized carbons (Fsp3) is 0.250. The van der Waals surface area contributed by atoms with Gasteiger partial charge in [-0.15, -0.1) is 10.2 Å². The van der Waals surface area contributed by atoms with Crippen molar-refractivity contribution in [3.8, 4) is 5.75 Å². The fourth-order valence-electron chi connectivity index (χ4n) is 2.37. The molecular formula is C20H21N3O3S. The topological polar surface area (TPSA) is 77.2 Å². The summed E-state index contributed by atoms with van der Waals surface area (Å²) in [5, 5.41) is 11.2. The third-order valence-corrected chi connectivity index (χ3v) is 4.52. The van der Waals surface area contributed by atoms with E-state index in [9.17, 15) is 4.79 Å². The zero-order valence-corrected chi connectivity index (χ0v) is 16.1. The SMILES string of the molecule is CCOc1ccc(NC(=O)CSc2nnc(Cc3ccc(C)cc3)o2)cc1. The van der Waals surface area contributed by atoms with Crippen LogP contribution < -0.4 is 10.1 Å². The van der Waals surface area contributed by atoms with E-state index in [4.69, 9.17) is 9.15 Å². The lowest BCUT2D eigenvalue weighted by Gasteiger charge is -2.06. The first kappa shape index (κ1) is 19.0. The van der Waals surface area contributed by atoms with Crippen LogP contribution in [0.25, 0.3) is 0 Å². The lowest BCUT2D eigenvalue weighted by Crippen LogP contribution is -2.13. The molecular weight excluding hydrogens is 362 g/mol. The van der Waals surface area contributed by atoms with E-state index in [1.54, 1.807) is 12.1 Å². The number of thioether (sulfide) groups is 1. The number of nitrogens with zero attached hydrogens (tertiary/aromatic N) is 2. The largest absolute Gasteiger partial charge is 0.494 e. The van der Waals surface area contributed by atoms with Gasteiger partial charge in [0.2, 0.25) is 11.8 Å². The number of amides is 1. The van der Waals surface area contributed by atoms with Crippen LogP contribution in [0.5, 0.6) is 5.75 Å². The third-order valence-electron chi connectivity index (χ3n) is 3.70. The molecule has 6 nitrogen and oxygen atoms in total. The summed E-state index contributed by atoms with van der Waals surface area (Å²) in [6.45, 7) is 4.58. The molecule has 0 bridgehead atoms. The van der Waals surface area contributed by atoms with Crippen molar-refractivity contribution in [2.45, 2.75) is 25.5 Å². The molecule has 0 radical (unpaired) electrons. The van der Waals surface area contributed by atoms with Crippen LogP contribution >= 0.6 is 11.8 Å². The molecule has 0 saturated carbocycles. The van der Waals surface area contributed by atoms with Gasteiger partial charge in [0, 0.05) is 5.69 Å². The maximum Gasteiger partial charge on any atom is 0.277 e. The second-order valence-corrected chi connectivity index (χ2v) is 6.84. The molecule has 27 heavy (non-hydrogen) atoms. The predicted octanol–water partition coefficient (Wildman–Crippen LogP) is 4.10. The average molecular weight is 383 g/mol. The monoisotopic (exact) mass is 383 g/mol. The Labute approximate surface area is 162 Å². The van der Waals surface area contributed by atoms with Crippen molar-refractivity contribution in [3.05, 3.63) is 65.5 Å². The number of benzene rings is 2. The highest BCUT2D eigenvalue weighted by atomic mass is 32.2. The molecule has 0 spiro atoms. The first-order chi connectivity index (χ1) is 13.1. The van der Waals surface area contributed by atoms with Gasteiger partial charge in [-0.2, -0.15) is 0 Å². The fourth-order valence-corrected chi connectivity index (χ4v) is 2.95. The van der Waals surface area contributed by atoms with Crippen LogP contribution in [0.2, 0.25) is 0 Å². The van der Waals surface area contributed by atoms with E-state index in [0.717, 1.165) is 17.0 Å². The number of aromatic nitrogens is 2. The standard InChI is InChI=1S/C20H21N3O3S/c1-3-25-17-10-8-16(9-11-17)21-18(24)13-27-20-23-22-19(26-20)12-15-6-4-14(2)5-7-15/h4-11H,3,12-13H2,1-2H3,(H,21,24). The average Bonchev–Trinajstić information content (AvgIpc) is 3.11. The van der Waals surface area contributed by atoms with E-state index < -0.39 is 0 Å². The minimum absolute atomic E-state index is 0.137. The molecule has 1 heterocycles. The van der Waals surface area contributed by atoms with E-state index in [0.29, 0.717) is 24.1 Å². The number of anilines is 1. The lowest BCUT2D eigenvalue weighted by atomic mass is 10.1. The van der Waals surface area contributed by atoms with Crippen molar-refractivity contribution in [2.24, 2.45) is 0 Å². The molecule has 0 fully saturated rings. The Balaban J connectivity index is 1.47. The number of hydrogen-bond donors (Lipinski definition) is 1. The smallest absolute Gasteiger partial charge is 0.277 e. The summed E-state index contributed by atoms with van der Waals surface area (Å²) < 4.78 is 11.0. The van der Waals surface area contributed by atoms with Crippen molar-refractivity contribution in [3.63, 3.8) is 0 Å². The number of nitrogens with one attached hydrogen (secondary N) is 1. The van der Waals surface area contributed by atoms with Gasteiger partial charge in [-0.1, -0.05) is 41.6 Å². The second-order valence-electron chi connectivity index (χ2n) is 5.92. The van der Waals surface area contributed by atoms with Crippen LogP contribution in [0.3, 0.4) is 0 Å². The summed E-state index contributed by atoms with van der Waals surface area (Å²) in [5.74, 6) is 1.37. The van der Waals surface area contributed by atoms with E-state index >= 15 is 0 Å². The van der Waals surface area contributed by atoms with Crippen molar-refractivity contribution < 1.29 is 13.9 Å². The maximum atomic E-state index is 12.1. The third kappa shape index (κ3) is 5.86. The molecule has 7 heteroatoms. The number of ether oxygens (including phenoxy) is 1. The zero-order chi connectivity index (χ0) is 19.1.